The summed E-state index contributed by atoms with van der Waals surface area (Å²) in [7, 11) is 0. The minimum Gasteiger partial charge on any atom is -0.294 e. The van der Waals surface area contributed by atoms with Gasteiger partial charge in [-0.3, -0.25) is 19.4 Å². The number of para-hydroxylation sites is 1. The Kier molecular flexibility index (Phi) is 3.48. The van der Waals surface area contributed by atoms with E-state index in [-0.39, 0.29) is 18.2 Å². The number of nitrogens with zero attached hydrogens (tertiary/aromatic N) is 4. The Bertz CT molecular complexity index is 786. The minimum atomic E-state index is 0.00936. The standard InChI is InChI=1S/C16H16N4O/c1-11(2)20-9-6-12(19-20)10-15(21)13-4-3-5-14-16(13)18-8-7-17-14/h3-9,11H,10H2,1-2H3. The molecule has 0 aliphatic heterocycles. The summed E-state index contributed by atoms with van der Waals surface area (Å²) in [5, 5.41) is 4.42. The first-order valence-electron chi connectivity index (χ1n) is 6.92. The van der Waals surface area contributed by atoms with Gasteiger partial charge in [0.2, 0.25) is 0 Å². The maximum absolute atomic E-state index is 12.5. The molecule has 0 N–H and O–H groups in total. The minimum absolute atomic E-state index is 0.00936. The first-order chi connectivity index (χ1) is 10.1. The van der Waals surface area contributed by atoms with Crippen molar-refractivity contribution in [1.82, 2.24) is 19.7 Å². The van der Waals surface area contributed by atoms with E-state index in [1.54, 1.807) is 18.5 Å². The van der Waals surface area contributed by atoms with Crippen molar-refractivity contribution in [2.75, 3.05) is 0 Å². The van der Waals surface area contributed by atoms with Crippen molar-refractivity contribution in [3.63, 3.8) is 0 Å². The van der Waals surface area contributed by atoms with Crippen LogP contribution in [0.2, 0.25) is 0 Å². The second-order valence-corrected chi connectivity index (χ2v) is 5.21. The van der Waals surface area contributed by atoms with Crippen molar-refractivity contribution in [2.24, 2.45) is 0 Å². The van der Waals surface area contributed by atoms with Crippen LogP contribution in [0, 0.1) is 0 Å². The topological polar surface area (TPSA) is 60.7 Å². The van der Waals surface area contributed by atoms with Crippen molar-refractivity contribution in [3.05, 3.63) is 54.1 Å². The lowest BCUT2D eigenvalue weighted by molar-refractivity contribution is 0.0993. The zero-order chi connectivity index (χ0) is 14.8. The van der Waals surface area contributed by atoms with E-state index in [1.807, 2.05) is 29.1 Å². The highest BCUT2D eigenvalue weighted by atomic mass is 16.1. The molecule has 5 heteroatoms. The van der Waals surface area contributed by atoms with Crippen LogP contribution in [0.4, 0.5) is 0 Å². The summed E-state index contributed by atoms with van der Waals surface area (Å²) in [6.45, 7) is 4.11. The van der Waals surface area contributed by atoms with Gasteiger partial charge in [-0.05, 0) is 32.0 Å². The maximum atomic E-state index is 12.5. The summed E-state index contributed by atoms with van der Waals surface area (Å²) in [5.41, 5.74) is 2.75. The molecule has 106 valence electrons. The summed E-state index contributed by atoms with van der Waals surface area (Å²) >= 11 is 0. The summed E-state index contributed by atoms with van der Waals surface area (Å²) in [5.74, 6) is 0.00936. The van der Waals surface area contributed by atoms with Crippen LogP contribution >= 0.6 is 0 Å². The lowest BCUT2D eigenvalue weighted by Gasteiger charge is -2.04. The smallest absolute Gasteiger partial charge is 0.171 e. The number of Topliss-reactive ketones (excluding diaryl/α,β-unsaturated/α-hetero) is 1. The van der Waals surface area contributed by atoms with E-state index >= 15 is 0 Å². The molecule has 0 unspecified atom stereocenters. The molecular weight excluding hydrogens is 264 g/mol. The van der Waals surface area contributed by atoms with Gasteiger partial charge in [0.15, 0.2) is 5.78 Å². The number of carbonyl (C=O) groups excluding carboxylic acids is 1. The molecule has 0 atom stereocenters. The lowest BCUT2D eigenvalue weighted by atomic mass is 10.0. The first kappa shape index (κ1) is 13.4. The van der Waals surface area contributed by atoms with Crippen LogP contribution in [0.25, 0.3) is 11.0 Å². The molecule has 0 saturated carbocycles. The Balaban J connectivity index is 1.90. The van der Waals surface area contributed by atoms with Crippen molar-refractivity contribution in [2.45, 2.75) is 26.3 Å². The van der Waals surface area contributed by atoms with Crippen LogP contribution in [0.3, 0.4) is 0 Å². The Labute approximate surface area is 122 Å². The number of hydrogen-bond donors (Lipinski definition) is 0. The quantitative estimate of drug-likeness (QED) is 0.689. The van der Waals surface area contributed by atoms with Crippen LogP contribution in [-0.4, -0.2) is 25.5 Å². The van der Waals surface area contributed by atoms with E-state index in [9.17, 15) is 4.79 Å². The zero-order valence-corrected chi connectivity index (χ0v) is 12.0. The van der Waals surface area contributed by atoms with E-state index in [4.69, 9.17) is 0 Å². The molecule has 0 radical (unpaired) electrons. The maximum Gasteiger partial charge on any atom is 0.171 e. The third kappa shape index (κ3) is 2.67. The zero-order valence-electron chi connectivity index (χ0n) is 12.0. The number of rotatable bonds is 4. The fourth-order valence-electron chi connectivity index (χ4n) is 2.24. The fraction of sp³-hybridized carbons (Fsp3) is 0.250. The number of aromatic nitrogens is 4. The van der Waals surface area contributed by atoms with Crippen LogP contribution in [0.5, 0.6) is 0 Å². The third-order valence-electron chi connectivity index (χ3n) is 3.33. The van der Waals surface area contributed by atoms with Gasteiger partial charge in [-0.1, -0.05) is 6.07 Å². The van der Waals surface area contributed by atoms with Crippen LogP contribution in [-0.2, 0) is 6.42 Å². The van der Waals surface area contributed by atoms with Gasteiger partial charge in [-0.2, -0.15) is 5.10 Å². The molecular formula is C16H16N4O. The highest BCUT2D eigenvalue weighted by molar-refractivity contribution is 6.06. The van der Waals surface area contributed by atoms with Crippen molar-refractivity contribution in [1.29, 1.82) is 0 Å². The number of hydrogen-bond acceptors (Lipinski definition) is 4. The highest BCUT2D eigenvalue weighted by Gasteiger charge is 2.14. The number of carbonyl (C=O) groups is 1. The molecule has 3 aromatic rings. The Hall–Kier alpha value is -2.56. The highest BCUT2D eigenvalue weighted by Crippen LogP contribution is 2.16. The van der Waals surface area contributed by atoms with Crippen LogP contribution in [0.1, 0.15) is 35.9 Å². The average molecular weight is 280 g/mol. The van der Waals surface area contributed by atoms with Crippen LogP contribution < -0.4 is 0 Å². The van der Waals surface area contributed by atoms with Gasteiger partial charge in [-0.25, -0.2) is 0 Å². The van der Waals surface area contributed by atoms with Gasteiger partial charge in [0.05, 0.1) is 23.1 Å². The Morgan fingerprint density at radius 2 is 2.00 bits per heavy atom. The fourth-order valence-corrected chi connectivity index (χ4v) is 2.24. The Morgan fingerprint density at radius 1 is 1.19 bits per heavy atom. The lowest BCUT2D eigenvalue weighted by Crippen LogP contribution is -2.07. The van der Waals surface area contributed by atoms with Crippen molar-refractivity contribution < 1.29 is 4.79 Å². The van der Waals surface area contributed by atoms with Crippen LogP contribution in [0.15, 0.2) is 42.9 Å². The molecule has 1 aromatic carbocycles. The molecule has 0 saturated heterocycles. The second-order valence-electron chi connectivity index (χ2n) is 5.21. The molecule has 0 aliphatic rings. The monoisotopic (exact) mass is 280 g/mol. The van der Waals surface area contributed by atoms with Crippen molar-refractivity contribution in [3.8, 4) is 0 Å². The van der Waals surface area contributed by atoms with Crippen molar-refractivity contribution >= 4 is 16.8 Å². The molecule has 0 amide bonds. The average Bonchev–Trinajstić information content (AvgIpc) is 2.95. The molecule has 21 heavy (non-hydrogen) atoms. The van der Waals surface area contributed by atoms with E-state index in [2.05, 4.69) is 28.9 Å². The molecule has 2 heterocycles. The summed E-state index contributed by atoms with van der Waals surface area (Å²) < 4.78 is 1.85. The molecule has 0 fully saturated rings. The van der Waals surface area contributed by atoms with Gasteiger partial charge in [0.1, 0.15) is 0 Å². The second kappa shape index (κ2) is 5.44. The Morgan fingerprint density at radius 3 is 2.76 bits per heavy atom. The third-order valence-corrected chi connectivity index (χ3v) is 3.33. The predicted octanol–water partition coefficient (Wildman–Crippen LogP) is 2.83. The molecule has 3 rings (SSSR count). The normalized spacial score (nSPS) is 11.2. The molecule has 0 bridgehead atoms. The molecule has 0 spiro atoms. The van der Waals surface area contributed by atoms with E-state index < -0.39 is 0 Å². The predicted molar refractivity (Wildman–Crippen MR) is 80.2 cm³/mol. The summed E-state index contributed by atoms with van der Waals surface area (Å²) in [4.78, 5) is 21.0. The van der Waals surface area contributed by atoms with E-state index in [1.165, 1.54) is 0 Å². The van der Waals surface area contributed by atoms with E-state index in [0.29, 0.717) is 11.1 Å². The number of fused-ring (bicyclic) bond motifs is 1. The summed E-state index contributed by atoms with van der Waals surface area (Å²) in [6.07, 6.45) is 5.40. The van der Waals surface area contributed by atoms with Gasteiger partial charge in [-0.15, -0.1) is 0 Å². The molecule has 5 nitrogen and oxygen atoms in total. The molecule has 2 aromatic heterocycles. The van der Waals surface area contributed by atoms with Gasteiger partial charge in [0, 0.05) is 30.2 Å². The SMILES string of the molecule is CC(C)n1ccc(CC(=O)c2cccc3nccnc23)n1. The van der Waals surface area contributed by atoms with E-state index in [0.717, 1.165) is 11.2 Å². The molecule has 0 aliphatic carbocycles. The van der Waals surface area contributed by atoms with Gasteiger partial charge in [0.25, 0.3) is 0 Å². The number of ketones is 1. The van der Waals surface area contributed by atoms with Gasteiger partial charge >= 0.3 is 0 Å². The largest absolute Gasteiger partial charge is 0.294 e. The number of benzene rings is 1. The summed E-state index contributed by atoms with van der Waals surface area (Å²) in [6, 6.07) is 7.65. The van der Waals surface area contributed by atoms with Gasteiger partial charge < -0.3 is 0 Å². The first-order valence-corrected chi connectivity index (χ1v) is 6.92.